The number of carbonyl (C=O) groups excluding carboxylic acids is 3. The number of ether oxygens (including phenoxy) is 1. The summed E-state index contributed by atoms with van der Waals surface area (Å²) in [6.45, 7) is 1.46. The quantitative estimate of drug-likeness (QED) is 0.254. The van der Waals surface area contributed by atoms with Crippen molar-refractivity contribution in [1.82, 2.24) is 5.43 Å². The van der Waals surface area contributed by atoms with Crippen molar-refractivity contribution in [1.29, 1.82) is 0 Å². The molecule has 0 unspecified atom stereocenters. The van der Waals surface area contributed by atoms with Crippen molar-refractivity contribution < 1.29 is 19.1 Å². The molecule has 0 aliphatic carbocycles. The third-order valence-electron chi connectivity index (χ3n) is 5.05. The van der Waals surface area contributed by atoms with Crippen LogP contribution in [0.1, 0.15) is 33.2 Å². The number of rotatable bonds is 6. The minimum atomic E-state index is -0.407. The number of esters is 1. The first-order chi connectivity index (χ1) is 16.0. The van der Waals surface area contributed by atoms with Crippen LogP contribution in [0.25, 0.3) is 0 Å². The monoisotopic (exact) mass is 459 g/mol. The predicted octanol–water partition coefficient (Wildman–Crippen LogP) is 4.43. The number of Topliss-reactive ketones (excluding diaryl/α,β-unsaturated/α-hetero) is 1. The lowest BCUT2D eigenvalue weighted by Crippen LogP contribution is -2.35. The zero-order valence-electron chi connectivity index (χ0n) is 18.1. The lowest BCUT2D eigenvalue weighted by atomic mass is 10.1. The number of hydrogen-bond donors (Lipinski definition) is 1. The number of nitrogens with one attached hydrogen (secondary N) is 1. The Bertz CT molecular complexity index is 1250. The zero-order valence-corrected chi connectivity index (χ0v) is 18.9. The number of hydrazone groups is 1. The molecule has 0 atom stereocenters. The zero-order chi connectivity index (χ0) is 23.4. The van der Waals surface area contributed by atoms with Crippen LogP contribution >= 0.6 is 11.8 Å². The third-order valence-corrected chi connectivity index (χ3v) is 6.18. The van der Waals surface area contributed by atoms with Gasteiger partial charge in [-0.25, -0.2) is 4.79 Å². The van der Waals surface area contributed by atoms with Gasteiger partial charge in [0.25, 0.3) is 5.91 Å². The topological polar surface area (TPSA) is 88.1 Å². The van der Waals surface area contributed by atoms with Gasteiger partial charge in [-0.05, 0) is 48.9 Å². The fraction of sp³-hybridized carbons (Fsp3) is 0.120. The smallest absolute Gasteiger partial charge is 0.337 e. The van der Waals surface area contributed by atoms with Gasteiger partial charge in [0.2, 0.25) is 0 Å². The summed E-state index contributed by atoms with van der Waals surface area (Å²) in [5, 5.41) is 4.13. The van der Waals surface area contributed by atoms with Gasteiger partial charge in [0.1, 0.15) is 6.54 Å². The summed E-state index contributed by atoms with van der Waals surface area (Å²) >= 11 is 1.57. The van der Waals surface area contributed by atoms with Crippen LogP contribution in [0.2, 0.25) is 0 Å². The molecule has 1 heterocycles. The first kappa shape index (κ1) is 22.3. The largest absolute Gasteiger partial charge is 0.465 e. The second kappa shape index (κ2) is 9.70. The summed E-state index contributed by atoms with van der Waals surface area (Å²) < 4.78 is 4.68. The number of para-hydroxylation sites is 1. The summed E-state index contributed by atoms with van der Waals surface area (Å²) in [5.41, 5.74) is 6.00. The molecule has 0 radical (unpaired) electrons. The average Bonchev–Trinajstić information content (AvgIpc) is 2.84. The van der Waals surface area contributed by atoms with Crippen LogP contribution in [-0.4, -0.2) is 37.5 Å². The Kier molecular flexibility index (Phi) is 6.55. The maximum absolute atomic E-state index is 13.2. The van der Waals surface area contributed by atoms with Crippen molar-refractivity contribution >= 4 is 47.0 Å². The molecule has 1 amide bonds. The van der Waals surface area contributed by atoms with Crippen molar-refractivity contribution in [2.24, 2.45) is 5.10 Å². The highest BCUT2D eigenvalue weighted by molar-refractivity contribution is 7.99. The van der Waals surface area contributed by atoms with Crippen LogP contribution in [0.5, 0.6) is 0 Å². The van der Waals surface area contributed by atoms with E-state index >= 15 is 0 Å². The number of fused-ring (bicyclic) bond motifs is 2. The number of ketones is 1. The molecule has 0 saturated heterocycles. The van der Waals surface area contributed by atoms with Crippen molar-refractivity contribution in [3.8, 4) is 0 Å². The number of anilines is 2. The normalized spacial score (nSPS) is 12.1. The van der Waals surface area contributed by atoms with Gasteiger partial charge in [0.05, 0.1) is 30.3 Å². The SMILES string of the molecule is COC(=O)c1ccc(/C=N/NCC(=O)N2c3ccccc3Sc3ccc(C(C)=O)cc32)cc1. The first-order valence-electron chi connectivity index (χ1n) is 10.2. The molecule has 4 rings (SSSR count). The molecule has 0 aromatic heterocycles. The van der Waals surface area contributed by atoms with Gasteiger partial charge in [-0.15, -0.1) is 0 Å². The molecule has 8 heteroatoms. The molecule has 166 valence electrons. The van der Waals surface area contributed by atoms with Crippen molar-refractivity contribution in [2.45, 2.75) is 16.7 Å². The number of carbonyl (C=O) groups is 3. The molecule has 7 nitrogen and oxygen atoms in total. The molecular formula is C25H21N3O4S. The maximum Gasteiger partial charge on any atom is 0.337 e. The van der Waals surface area contributed by atoms with E-state index in [1.54, 1.807) is 59.3 Å². The van der Waals surface area contributed by atoms with Crippen LogP contribution < -0.4 is 10.3 Å². The van der Waals surface area contributed by atoms with E-state index in [9.17, 15) is 14.4 Å². The summed E-state index contributed by atoms with van der Waals surface area (Å²) in [5.74, 6) is -0.673. The highest BCUT2D eigenvalue weighted by Gasteiger charge is 2.28. The van der Waals surface area contributed by atoms with Crippen LogP contribution in [0.4, 0.5) is 11.4 Å². The van der Waals surface area contributed by atoms with Gasteiger partial charge >= 0.3 is 5.97 Å². The fourth-order valence-electron chi connectivity index (χ4n) is 3.38. The summed E-state index contributed by atoms with van der Waals surface area (Å²) in [6.07, 6.45) is 1.57. The molecule has 1 N–H and O–H groups in total. The molecule has 1 aliphatic rings. The van der Waals surface area contributed by atoms with E-state index in [1.807, 2.05) is 30.3 Å². The van der Waals surface area contributed by atoms with Crippen LogP contribution in [0, 0.1) is 0 Å². The van der Waals surface area contributed by atoms with Crippen molar-refractivity contribution in [3.05, 3.63) is 83.4 Å². The van der Waals surface area contributed by atoms with Crippen LogP contribution in [-0.2, 0) is 9.53 Å². The third kappa shape index (κ3) is 4.80. The number of amides is 1. The molecule has 0 fully saturated rings. The van der Waals surface area contributed by atoms with Crippen molar-refractivity contribution in [3.63, 3.8) is 0 Å². The minimum Gasteiger partial charge on any atom is -0.465 e. The number of methoxy groups -OCH3 is 1. The highest BCUT2D eigenvalue weighted by Crippen LogP contribution is 2.48. The Labute approximate surface area is 195 Å². The fourth-order valence-corrected chi connectivity index (χ4v) is 4.42. The Morgan fingerprint density at radius 3 is 2.39 bits per heavy atom. The molecule has 3 aromatic carbocycles. The minimum absolute atomic E-state index is 0.0422. The Hall–Kier alpha value is -3.91. The van der Waals surface area contributed by atoms with E-state index < -0.39 is 5.97 Å². The predicted molar refractivity (Wildman–Crippen MR) is 128 cm³/mol. The Morgan fingerprint density at radius 1 is 0.970 bits per heavy atom. The molecule has 33 heavy (non-hydrogen) atoms. The molecule has 0 spiro atoms. The Morgan fingerprint density at radius 2 is 1.67 bits per heavy atom. The summed E-state index contributed by atoms with van der Waals surface area (Å²) in [6, 6.07) is 19.8. The lowest BCUT2D eigenvalue weighted by Gasteiger charge is -2.31. The number of hydrogen-bond acceptors (Lipinski definition) is 7. The maximum atomic E-state index is 13.2. The van der Waals surface area contributed by atoms with Crippen molar-refractivity contribution in [2.75, 3.05) is 18.6 Å². The standard InChI is InChI=1S/C25H21N3O4S/c1-16(29)19-11-12-23-21(13-19)28(20-5-3-4-6-22(20)33-23)24(30)15-27-26-14-17-7-9-18(10-8-17)25(31)32-2/h3-14,27H,15H2,1-2H3/b26-14+. The van der Waals surface area contributed by atoms with Gasteiger partial charge in [-0.2, -0.15) is 5.10 Å². The van der Waals surface area contributed by atoms with E-state index in [0.717, 1.165) is 21.0 Å². The molecule has 0 saturated carbocycles. The van der Waals surface area contributed by atoms with E-state index in [1.165, 1.54) is 14.0 Å². The first-order valence-corrected chi connectivity index (χ1v) is 11.0. The van der Waals surface area contributed by atoms with Gasteiger partial charge < -0.3 is 10.2 Å². The van der Waals surface area contributed by atoms with E-state index in [2.05, 4.69) is 15.3 Å². The molecule has 0 bridgehead atoms. The van der Waals surface area contributed by atoms with Gasteiger partial charge in [-0.3, -0.25) is 14.5 Å². The van der Waals surface area contributed by atoms with E-state index in [0.29, 0.717) is 16.8 Å². The summed E-state index contributed by atoms with van der Waals surface area (Å²) in [4.78, 5) is 40.1. The number of benzene rings is 3. The molecule has 1 aliphatic heterocycles. The van der Waals surface area contributed by atoms with E-state index in [-0.39, 0.29) is 18.2 Å². The second-order valence-corrected chi connectivity index (χ2v) is 8.33. The van der Waals surface area contributed by atoms with E-state index in [4.69, 9.17) is 0 Å². The lowest BCUT2D eigenvalue weighted by molar-refractivity contribution is -0.117. The molecule has 3 aromatic rings. The second-order valence-electron chi connectivity index (χ2n) is 7.24. The van der Waals surface area contributed by atoms with Gasteiger partial charge in [0.15, 0.2) is 5.78 Å². The van der Waals surface area contributed by atoms with Gasteiger partial charge in [-0.1, -0.05) is 42.1 Å². The van der Waals surface area contributed by atoms with Crippen LogP contribution in [0.3, 0.4) is 0 Å². The average molecular weight is 460 g/mol. The van der Waals surface area contributed by atoms with Crippen LogP contribution in [0.15, 0.2) is 81.6 Å². The number of nitrogens with zero attached hydrogens (tertiary/aromatic N) is 2. The molecular weight excluding hydrogens is 438 g/mol. The highest BCUT2D eigenvalue weighted by atomic mass is 32.2. The summed E-state index contributed by atoms with van der Waals surface area (Å²) in [7, 11) is 1.33. The van der Waals surface area contributed by atoms with Gasteiger partial charge in [0, 0.05) is 15.4 Å². The Balaban J connectivity index is 1.51.